The Kier molecular flexibility index (Phi) is 7.18. The van der Waals surface area contributed by atoms with E-state index >= 15 is 0 Å². The van der Waals surface area contributed by atoms with E-state index in [-0.39, 0.29) is 18.0 Å². The molecule has 3 aromatic rings. The minimum atomic E-state index is -3.50. The van der Waals surface area contributed by atoms with Crippen molar-refractivity contribution in [3.05, 3.63) is 83.9 Å². The van der Waals surface area contributed by atoms with Crippen LogP contribution in [0.2, 0.25) is 0 Å². The molecule has 2 fully saturated rings. The first-order valence-electron chi connectivity index (χ1n) is 13.1. The molecule has 2 heterocycles. The summed E-state index contributed by atoms with van der Waals surface area (Å²) < 4.78 is 30.9. The topological polar surface area (TPSA) is 97.2 Å². The van der Waals surface area contributed by atoms with E-state index in [1.54, 1.807) is 24.0 Å². The van der Waals surface area contributed by atoms with Crippen molar-refractivity contribution in [2.24, 2.45) is 0 Å². The molecule has 1 saturated carbocycles. The molecule has 5 rings (SSSR count). The minimum absolute atomic E-state index is 0.0281. The molecule has 196 valence electrons. The molecule has 1 saturated heterocycles. The van der Waals surface area contributed by atoms with Gasteiger partial charge in [0.1, 0.15) is 17.9 Å². The predicted octanol–water partition coefficient (Wildman–Crippen LogP) is 4.13. The molecule has 0 radical (unpaired) electrons. The van der Waals surface area contributed by atoms with Crippen LogP contribution in [0.5, 0.6) is 0 Å². The van der Waals surface area contributed by atoms with Gasteiger partial charge in [-0.1, -0.05) is 54.6 Å². The van der Waals surface area contributed by atoms with Crippen LogP contribution in [0.4, 0.5) is 0 Å². The lowest BCUT2D eigenvalue weighted by atomic mass is 9.67. The summed E-state index contributed by atoms with van der Waals surface area (Å²) in [5.74, 6) is 0.0281. The van der Waals surface area contributed by atoms with E-state index in [1.165, 1.54) is 0 Å². The average molecular weight is 522 g/mol. The van der Waals surface area contributed by atoms with E-state index in [0.29, 0.717) is 13.0 Å². The summed E-state index contributed by atoms with van der Waals surface area (Å²) in [7, 11) is -1.81. The van der Waals surface area contributed by atoms with Gasteiger partial charge in [-0.05, 0) is 62.1 Å². The molecule has 1 aliphatic carbocycles. The molecule has 1 aromatic heterocycles. The summed E-state index contributed by atoms with van der Waals surface area (Å²) in [4.78, 5) is 13.2. The molecular weight excluding hydrogens is 486 g/mol. The normalized spacial score (nSPS) is 28.0. The molecule has 2 aliphatic rings. The SMILES string of the molecule is CNC(=O)[C@]1(c2ccc(CN3[C@@H](C)CC[C@H](c4ccccc4)S3(=O)=O)cc2)CC[C@@H](n2cnnc2)CC1. The second-order valence-corrected chi connectivity index (χ2v) is 12.5. The van der Waals surface area contributed by atoms with E-state index in [9.17, 15) is 13.2 Å². The third-order valence-corrected chi connectivity index (χ3v) is 10.7. The number of carbonyl (C=O) groups excluding carboxylic acids is 1. The van der Waals surface area contributed by atoms with Crippen LogP contribution in [0.1, 0.15) is 73.4 Å². The molecule has 8 nitrogen and oxygen atoms in total. The molecule has 0 spiro atoms. The molecule has 1 N–H and O–H groups in total. The zero-order valence-corrected chi connectivity index (χ0v) is 22.3. The van der Waals surface area contributed by atoms with E-state index in [1.807, 2.05) is 66.1 Å². The maximum Gasteiger partial charge on any atom is 0.230 e. The maximum atomic E-state index is 13.6. The Bertz CT molecular complexity index is 1300. The molecule has 0 unspecified atom stereocenters. The van der Waals surface area contributed by atoms with Gasteiger partial charge in [-0.15, -0.1) is 10.2 Å². The number of nitrogens with one attached hydrogen (secondary N) is 1. The number of sulfonamides is 1. The van der Waals surface area contributed by atoms with E-state index in [0.717, 1.165) is 48.8 Å². The van der Waals surface area contributed by atoms with Crippen LogP contribution < -0.4 is 5.32 Å². The average Bonchev–Trinajstić information content (AvgIpc) is 3.46. The second kappa shape index (κ2) is 10.4. The number of hydrogen-bond donors (Lipinski definition) is 1. The van der Waals surface area contributed by atoms with E-state index in [2.05, 4.69) is 15.5 Å². The van der Waals surface area contributed by atoms with Gasteiger partial charge in [0.2, 0.25) is 15.9 Å². The Balaban J connectivity index is 1.35. The van der Waals surface area contributed by atoms with Gasteiger partial charge >= 0.3 is 0 Å². The monoisotopic (exact) mass is 521 g/mol. The number of aromatic nitrogens is 3. The summed E-state index contributed by atoms with van der Waals surface area (Å²) in [6.45, 7) is 2.32. The van der Waals surface area contributed by atoms with Crippen LogP contribution in [0.3, 0.4) is 0 Å². The van der Waals surface area contributed by atoms with Gasteiger partial charge in [-0.3, -0.25) is 4.79 Å². The van der Waals surface area contributed by atoms with Crippen LogP contribution in [0.15, 0.2) is 67.3 Å². The van der Waals surface area contributed by atoms with E-state index < -0.39 is 20.7 Å². The molecule has 2 atom stereocenters. The third-order valence-electron chi connectivity index (χ3n) is 8.37. The highest BCUT2D eigenvalue weighted by Gasteiger charge is 2.44. The van der Waals surface area contributed by atoms with E-state index in [4.69, 9.17) is 0 Å². The highest BCUT2D eigenvalue weighted by atomic mass is 32.2. The molecule has 1 aliphatic heterocycles. The fraction of sp³-hybridized carbons (Fsp3) is 0.464. The van der Waals surface area contributed by atoms with Crippen LogP contribution in [0, 0.1) is 0 Å². The van der Waals surface area contributed by atoms with Crippen LogP contribution in [0.25, 0.3) is 0 Å². The number of carbonyl (C=O) groups is 1. The smallest absolute Gasteiger partial charge is 0.230 e. The number of likely N-dealkylation sites (N-methyl/N-ethyl adjacent to an activating group) is 1. The zero-order chi connectivity index (χ0) is 26.0. The number of hydrogen-bond acceptors (Lipinski definition) is 5. The standard InChI is InChI=1S/C28H35N5O3S/c1-21-8-13-26(23-6-4-3-5-7-23)37(35,36)33(21)18-22-9-11-24(12-10-22)28(27(34)29-2)16-14-25(15-17-28)32-19-30-31-20-32/h3-7,9-12,19-21,25-26H,8,13-18H2,1-2H3,(H,29,34)/t21-,25-,26+,28-/m0/s1. The largest absolute Gasteiger partial charge is 0.358 e. The Morgan fingerprint density at radius 3 is 2.24 bits per heavy atom. The first-order valence-corrected chi connectivity index (χ1v) is 14.6. The Hall–Kier alpha value is -3.04. The van der Waals surface area contributed by atoms with Gasteiger partial charge in [-0.2, -0.15) is 4.31 Å². The summed E-state index contributed by atoms with van der Waals surface area (Å²) in [5.41, 5.74) is 2.16. The molecule has 37 heavy (non-hydrogen) atoms. The van der Waals surface area contributed by atoms with Crippen molar-refractivity contribution in [1.29, 1.82) is 0 Å². The van der Waals surface area contributed by atoms with Crippen LogP contribution >= 0.6 is 0 Å². The van der Waals surface area contributed by atoms with Crippen molar-refractivity contribution >= 4 is 15.9 Å². The maximum absolute atomic E-state index is 13.6. The van der Waals surface area contributed by atoms with Crippen LogP contribution in [-0.2, 0) is 26.8 Å². The molecular formula is C28H35N5O3S. The van der Waals surface area contributed by atoms with Gasteiger partial charge in [-0.25, -0.2) is 8.42 Å². The predicted molar refractivity (Wildman–Crippen MR) is 142 cm³/mol. The minimum Gasteiger partial charge on any atom is -0.358 e. The Labute approximate surface area is 219 Å². The van der Waals surface area contributed by atoms with Crippen molar-refractivity contribution in [3.63, 3.8) is 0 Å². The molecule has 0 bridgehead atoms. The Morgan fingerprint density at radius 2 is 1.62 bits per heavy atom. The first kappa shape index (κ1) is 25.6. The highest BCUT2D eigenvalue weighted by molar-refractivity contribution is 7.89. The second-order valence-electron chi connectivity index (χ2n) is 10.4. The van der Waals surface area contributed by atoms with Gasteiger partial charge in [0.15, 0.2) is 0 Å². The summed E-state index contributed by atoms with van der Waals surface area (Å²) in [6, 6.07) is 17.7. The fourth-order valence-electron chi connectivity index (χ4n) is 6.14. The number of benzene rings is 2. The van der Waals surface area contributed by atoms with Crippen molar-refractivity contribution in [1.82, 2.24) is 24.4 Å². The quantitative estimate of drug-likeness (QED) is 0.526. The van der Waals surface area contributed by atoms with Crippen molar-refractivity contribution in [2.75, 3.05) is 7.05 Å². The highest BCUT2D eigenvalue weighted by Crippen LogP contribution is 2.44. The van der Waals surface area contributed by atoms with Gasteiger partial charge in [0, 0.05) is 25.7 Å². The van der Waals surface area contributed by atoms with Crippen molar-refractivity contribution in [2.45, 2.75) is 74.7 Å². The Morgan fingerprint density at radius 1 is 0.973 bits per heavy atom. The molecule has 9 heteroatoms. The third kappa shape index (κ3) is 4.82. The lowest BCUT2D eigenvalue weighted by Crippen LogP contribution is -2.46. The van der Waals surface area contributed by atoms with Crippen molar-refractivity contribution in [3.8, 4) is 0 Å². The lowest BCUT2D eigenvalue weighted by molar-refractivity contribution is -0.127. The summed E-state index contributed by atoms with van der Waals surface area (Å²) >= 11 is 0. The van der Waals surface area contributed by atoms with Gasteiger partial charge < -0.3 is 9.88 Å². The zero-order valence-electron chi connectivity index (χ0n) is 21.5. The van der Waals surface area contributed by atoms with Gasteiger partial charge in [0.25, 0.3) is 0 Å². The first-order chi connectivity index (χ1) is 17.8. The van der Waals surface area contributed by atoms with Crippen molar-refractivity contribution < 1.29 is 13.2 Å². The summed E-state index contributed by atoms with van der Waals surface area (Å²) in [6.07, 6.45) is 8.11. The fourth-order valence-corrected chi connectivity index (χ4v) is 8.34. The molecule has 1 amide bonds. The van der Waals surface area contributed by atoms with Crippen LogP contribution in [-0.4, -0.2) is 46.5 Å². The lowest BCUT2D eigenvalue weighted by Gasteiger charge is -2.39. The van der Waals surface area contributed by atoms with Gasteiger partial charge in [0.05, 0.1) is 5.41 Å². The molecule has 2 aromatic carbocycles. The summed E-state index contributed by atoms with van der Waals surface area (Å²) in [5, 5.41) is 10.2. The number of amides is 1. The number of rotatable bonds is 6. The number of nitrogens with zero attached hydrogens (tertiary/aromatic N) is 4.